The molecule has 0 aromatic heterocycles. The van der Waals surface area contributed by atoms with Gasteiger partial charge in [0.1, 0.15) is 0 Å². The van der Waals surface area contributed by atoms with Crippen LogP contribution < -0.4 is 0 Å². The van der Waals surface area contributed by atoms with E-state index in [4.69, 9.17) is 35.0 Å². The van der Waals surface area contributed by atoms with Gasteiger partial charge in [0.05, 0.1) is 0 Å². The van der Waals surface area contributed by atoms with E-state index in [1.165, 1.54) is 0 Å². The van der Waals surface area contributed by atoms with Crippen LogP contribution in [0.15, 0.2) is 0 Å². The van der Waals surface area contributed by atoms with Gasteiger partial charge in [-0.15, -0.1) is 0 Å². The Morgan fingerprint density at radius 1 is 0.636 bits per heavy atom. The van der Waals surface area contributed by atoms with Crippen LogP contribution in [-0.2, 0) is 20.8 Å². The van der Waals surface area contributed by atoms with Crippen molar-refractivity contribution >= 4 is 20.8 Å². The number of hydrogen-bond acceptors (Lipinski definition) is 8. The molecule has 8 nitrogen and oxygen atoms in total. The second-order valence-electron chi connectivity index (χ2n) is 0.816. The Morgan fingerprint density at radius 3 is 0.636 bits per heavy atom. The molecule has 11 heavy (non-hydrogen) atoms. The smallest absolute Gasteiger partial charge is 0.759 e. The van der Waals surface area contributed by atoms with E-state index in [9.17, 15) is 0 Å². The van der Waals surface area contributed by atoms with Crippen molar-refractivity contribution in [1.29, 1.82) is 0 Å². The zero-order valence-electron chi connectivity index (χ0n) is 4.58. The third-order valence-electron chi connectivity index (χ3n) is 0. The average Bonchev–Trinajstić information content (AvgIpc) is 1.12. The Labute approximate surface area is 96.5 Å². The first-order valence-corrected chi connectivity index (χ1v) is 4.00. The minimum Gasteiger partial charge on any atom is -0.759 e. The van der Waals surface area contributed by atoms with Gasteiger partial charge in [-0.05, 0) is 0 Å². The predicted molar refractivity (Wildman–Crippen MR) is 20.9 cm³/mol. The summed E-state index contributed by atoms with van der Waals surface area (Å²) in [7, 11) is -10.3. The monoisotopic (exact) mass is 332 g/mol. The summed E-state index contributed by atoms with van der Waals surface area (Å²) in [5.41, 5.74) is 0. The van der Waals surface area contributed by atoms with Crippen molar-refractivity contribution in [2.45, 2.75) is 0 Å². The fraction of sp³-hybridized carbons (Fsp3) is 0. The summed E-state index contributed by atoms with van der Waals surface area (Å²) < 4.78 is 68.2. The van der Waals surface area contributed by atoms with Gasteiger partial charge in [-0.2, -0.15) is 0 Å². The van der Waals surface area contributed by atoms with Crippen LogP contribution in [0.25, 0.3) is 0 Å². The molecule has 0 heterocycles. The van der Waals surface area contributed by atoms with Crippen molar-refractivity contribution in [2.75, 3.05) is 0 Å². The van der Waals surface area contributed by atoms with Crippen molar-refractivity contribution in [1.82, 2.24) is 0 Å². The molecule has 0 saturated heterocycles. The fourth-order valence-electron chi connectivity index (χ4n) is 0. The first kappa shape index (κ1) is 18.0. The topological polar surface area (TPSA) is 161 Å². The Balaban J connectivity index is -0.000000107. The molecule has 0 aliphatic rings. The Hall–Kier alpha value is 1.12. The van der Waals surface area contributed by atoms with Crippen LogP contribution in [0, 0.1) is 41.7 Å². The van der Waals surface area contributed by atoms with Crippen molar-refractivity contribution in [2.24, 2.45) is 0 Å². The van der Waals surface area contributed by atoms with E-state index in [2.05, 4.69) is 0 Å². The van der Waals surface area contributed by atoms with Gasteiger partial charge < -0.3 is 18.2 Å². The van der Waals surface area contributed by atoms with Crippen LogP contribution in [-0.4, -0.2) is 35.0 Å². The van der Waals surface area contributed by atoms with E-state index in [1.54, 1.807) is 0 Å². The molecule has 0 bridgehead atoms. The zero-order chi connectivity index (χ0) is 9.00. The number of rotatable bonds is 0. The molecule has 0 amide bonds. The molecule has 1 radical (unpaired) electrons. The van der Waals surface area contributed by atoms with Crippen molar-refractivity contribution in [3.63, 3.8) is 0 Å². The van der Waals surface area contributed by atoms with Crippen molar-refractivity contribution in [3.05, 3.63) is 0 Å². The molecule has 0 aromatic carbocycles. The van der Waals surface area contributed by atoms with E-state index in [-0.39, 0.29) is 41.7 Å². The van der Waals surface area contributed by atoms with Crippen LogP contribution in [0.3, 0.4) is 0 Å². The van der Waals surface area contributed by atoms with E-state index in [1.807, 2.05) is 0 Å². The van der Waals surface area contributed by atoms with Crippen LogP contribution in [0.4, 0.5) is 0 Å². The van der Waals surface area contributed by atoms with Crippen LogP contribution in [0.5, 0.6) is 0 Å². The average molecular weight is 332 g/mol. The zero-order valence-corrected chi connectivity index (χ0v) is 9.36. The minimum absolute atomic E-state index is 0. The van der Waals surface area contributed by atoms with Gasteiger partial charge in [-0.1, -0.05) is 0 Å². The quantitative estimate of drug-likeness (QED) is 0.342. The summed E-state index contributed by atoms with van der Waals surface area (Å²) in [5, 5.41) is 0. The Kier molecular flexibility index (Phi) is 10.8. The van der Waals surface area contributed by atoms with Crippen LogP contribution in [0.1, 0.15) is 0 Å². The molecule has 65 valence electrons. The number of hydrogen-bond donors (Lipinski definition) is 0. The van der Waals surface area contributed by atoms with Gasteiger partial charge in [0.25, 0.3) is 0 Å². The second-order valence-corrected chi connectivity index (χ2v) is 2.45. The Bertz CT molecular complexity index is 208. The molecular weight excluding hydrogens is 332 g/mol. The van der Waals surface area contributed by atoms with Gasteiger partial charge in [-0.25, -0.2) is 0 Å². The third kappa shape index (κ3) is 741. The van der Waals surface area contributed by atoms with Crippen LogP contribution in [0.2, 0.25) is 0 Å². The molecule has 0 atom stereocenters. The molecule has 0 saturated carbocycles. The molecule has 0 N–H and O–H groups in total. The fourth-order valence-corrected chi connectivity index (χ4v) is 0. The molecule has 0 fully saturated rings. The summed E-state index contributed by atoms with van der Waals surface area (Å²) in [6, 6.07) is 0. The molecule has 0 aliphatic carbocycles. The molecule has 0 aromatic rings. The summed E-state index contributed by atoms with van der Waals surface area (Å²) in [6.45, 7) is 0. The van der Waals surface area contributed by atoms with Gasteiger partial charge in [0, 0.05) is 20.8 Å². The summed E-state index contributed by atoms with van der Waals surface area (Å²) in [6.07, 6.45) is 0. The first-order valence-electron chi connectivity index (χ1n) is 1.33. The SMILES string of the molecule is O=S(=O)([O-])[O-].O=S(=O)([O-])[O-].[Ce+3]. The second kappa shape index (κ2) is 6.61. The minimum atomic E-state index is -5.17. The molecule has 11 heteroatoms. The van der Waals surface area contributed by atoms with Gasteiger partial charge in [0.15, 0.2) is 0 Å². The largest absolute Gasteiger partial charge is 3.00 e. The molecule has 0 aliphatic heterocycles. The summed E-state index contributed by atoms with van der Waals surface area (Å²) in [5.74, 6) is 0. The molecule has 0 spiro atoms. The van der Waals surface area contributed by atoms with Crippen LogP contribution >= 0.6 is 0 Å². The standard InChI is InChI=1S/Ce.2H2O4S/c;2*1-5(2,3)4/h;2*(H2,1,2,3,4)/q+3;;/p-4. The van der Waals surface area contributed by atoms with Gasteiger partial charge >= 0.3 is 41.7 Å². The van der Waals surface area contributed by atoms with Crippen molar-refractivity contribution < 1.29 is 76.8 Å². The molecular formula is CeO8S2-. The van der Waals surface area contributed by atoms with Gasteiger partial charge in [-0.3, -0.25) is 16.8 Å². The van der Waals surface area contributed by atoms with E-state index >= 15 is 0 Å². The summed E-state index contributed by atoms with van der Waals surface area (Å²) >= 11 is 0. The molecule has 0 unspecified atom stereocenters. The maximum absolute atomic E-state index is 8.52. The maximum Gasteiger partial charge on any atom is 3.00 e. The first-order chi connectivity index (χ1) is 4.00. The van der Waals surface area contributed by atoms with Crippen molar-refractivity contribution in [3.8, 4) is 0 Å². The normalized spacial score (nSPS) is 10.5. The Morgan fingerprint density at radius 2 is 0.636 bits per heavy atom. The van der Waals surface area contributed by atoms with Gasteiger partial charge in [0.2, 0.25) is 0 Å². The summed E-state index contributed by atoms with van der Waals surface area (Å²) in [4.78, 5) is 0. The maximum atomic E-state index is 8.52. The van der Waals surface area contributed by atoms with E-state index in [0.29, 0.717) is 0 Å². The molecule has 0 rings (SSSR count). The predicted octanol–water partition coefficient (Wildman–Crippen LogP) is -2.68. The van der Waals surface area contributed by atoms with E-state index in [0.717, 1.165) is 0 Å². The third-order valence-corrected chi connectivity index (χ3v) is 0. The van der Waals surface area contributed by atoms with E-state index < -0.39 is 20.8 Å².